The van der Waals surface area contributed by atoms with Gasteiger partial charge in [0.1, 0.15) is 11.3 Å². The smallest absolute Gasteiger partial charge is 0.427 e. The van der Waals surface area contributed by atoms with Crippen LogP contribution in [-0.2, 0) is 4.74 Å². The van der Waals surface area contributed by atoms with Crippen molar-refractivity contribution in [2.45, 2.75) is 12.8 Å². The zero-order valence-corrected chi connectivity index (χ0v) is 18.5. The standard InChI is InChI=1S/C24H27N3O5/c1-15(25-26-24(30)31-4)18(14-27(2)3)20(16-10-6-5-7-11-16)21-22(28)17-12-8-9-13-19(17)32-23(21)29/h5-13,18,20,28H,14H2,1-4H3,(H,26,30)/b25-15+. The van der Waals surface area contributed by atoms with Crippen LogP contribution in [0.15, 0.2) is 68.9 Å². The zero-order valence-electron chi connectivity index (χ0n) is 18.5. The fourth-order valence-electron chi connectivity index (χ4n) is 3.82. The van der Waals surface area contributed by atoms with Crippen molar-refractivity contribution in [3.8, 4) is 5.75 Å². The quantitative estimate of drug-likeness (QED) is 0.333. The summed E-state index contributed by atoms with van der Waals surface area (Å²) in [6.07, 6.45) is -0.697. The van der Waals surface area contributed by atoms with Crippen LogP contribution < -0.4 is 11.1 Å². The molecule has 0 aliphatic carbocycles. The Morgan fingerprint density at radius 3 is 2.47 bits per heavy atom. The van der Waals surface area contributed by atoms with Crippen molar-refractivity contribution in [3.05, 3.63) is 76.1 Å². The summed E-state index contributed by atoms with van der Waals surface area (Å²) in [5, 5.41) is 15.8. The minimum absolute atomic E-state index is 0.122. The van der Waals surface area contributed by atoms with E-state index in [1.165, 1.54) is 7.11 Å². The van der Waals surface area contributed by atoms with E-state index in [9.17, 15) is 14.7 Å². The van der Waals surface area contributed by atoms with Gasteiger partial charge in [0.25, 0.3) is 0 Å². The molecule has 1 aromatic heterocycles. The van der Waals surface area contributed by atoms with Gasteiger partial charge < -0.3 is 19.2 Å². The maximum Gasteiger partial charge on any atom is 0.427 e. The van der Waals surface area contributed by atoms with Gasteiger partial charge >= 0.3 is 11.7 Å². The summed E-state index contributed by atoms with van der Waals surface area (Å²) in [6.45, 7) is 2.25. The number of hydrogen-bond donors (Lipinski definition) is 2. The zero-order chi connectivity index (χ0) is 23.3. The molecular weight excluding hydrogens is 410 g/mol. The van der Waals surface area contributed by atoms with E-state index in [1.807, 2.05) is 49.3 Å². The average molecular weight is 437 g/mol. The number of benzene rings is 2. The summed E-state index contributed by atoms with van der Waals surface area (Å²) in [7, 11) is 5.06. The number of hydrazone groups is 1. The third kappa shape index (κ3) is 4.97. The number of hydrogen-bond acceptors (Lipinski definition) is 7. The Hall–Kier alpha value is -3.65. The van der Waals surface area contributed by atoms with E-state index in [1.54, 1.807) is 31.2 Å². The van der Waals surface area contributed by atoms with Crippen LogP contribution in [0.2, 0.25) is 0 Å². The number of rotatable bonds is 7. The SMILES string of the molecule is COC(=O)N/N=C(\C)C(CN(C)C)C(c1ccccc1)c1c(O)c2ccccc2oc1=O. The molecular formula is C24H27N3O5. The summed E-state index contributed by atoms with van der Waals surface area (Å²) >= 11 is 0. The predicted molar refractivity (Wildman–Crippen MR) is 123 cm³/mol. The second-order valence-electron chi connectivity index (χ2n) is 7.76. The number of ether oxygens (including phenoxy) is 1. The molecule has 0 radical (unpaired) electrons. The summed E-state index contributed by atoms with van der Waals surface area (Å²) in [5.74, 6) is -1.08. The van der Waals surface area contributed by atoms with E-state index in [2.05, 4.69) is 15.3 Å². The first-order valence-corrected chi connectivity index (χ1v) is 10.2. The van der Waals surface area contributed by atoms with Crippen LogP contribution in [0.3, 0.4) is 0 Å². The number of amides is 1. The Bertz CT molecular complexity index is 1170. The largest absolute Gasteiger partial charge is 0.507 e. The molecule has 1 heterocycles. The summed E-state index contributed by atoms with van der Waals surface area (Å²) in [5.41, 5.74) is 3.56. The first kappa shape index (κ1) is 23.0. The van der Waals surface area contributed by atoms with Crippen LogP contribution >= 0.6 is 0 Å². The number of carbonyl (C=O) groups is 1. The van der Waals surface area contributed by atoms with Gasteiger partial charge in [-0.3, -0.25) is 0 Å². The van der Waals surface area contributed by atoms with Crippen molar-refractivity contribution < 1.29 is 19.1 Å². The van der Waals surface area contributed by atoms with Crippen molar-refractivity contribution in [1.29, 1.82) is 0 Å². The highest BCUT2D eigenvalue weighted by atomic mass is 16.5. The van der Waals surface area contributed by atoms with Crippen LogP contribution in [0.5, 0.6) is 5.75 Å². The molecule has 8 heteroatoms. The van der Waals surface area contributed by atoms with Crippen LogP contribution in [0.25, 0.3) is 11.0 Å². The molecule has 2 N–H and O–H groups in total. The molecule has 0 spiro atoms. The number of para-hydroxylation sites is 1. The van der Waals surface area contributed by atoms with Gasteiger partial charge in [-0.05, 0) is 38.7 Å². The fraction of sp³-hybridized carbons (Fsp3) is 0.292. The lowest BCUT2D eigenvalue weighted by Crippen LogP contribution is -2.35. The lowest BCUT2D eigenvalue weighted by molar-refractivity contribution is 0.171. The third-order valence-corrected chi connectivity index (χ3v) is 5.30. The highest BCUT2D eigenvalue weighted by molar-refractivity contribution is 5.88. The molecule has 3 rings (SSSR count). The maximum absolute atomic E-state index is 13.1. The summed E-state index contributed by atoms with van der Waals surface area (Å²) in [4.78, 5) is 26.6. The molecule has 168 valence electrons. The number of carbonyl (C=O) groups excluding carboxylic acids is 1. The second kappa shape index (κ2) is 10.1. The van der Waals surface area contributed by atoms with Crippen molar-refractivity contribution in [3.63, 3.8) is 0 Å². The molecule has 3 aromatic rings. The number of nitrogens with one attached hydrogen (secondary N) is 1. The van der Waals surface area contributed by atoms with Gasteiger partial charge in [-0.2, -0.15) is 5.10 Å². The van der Waals surface area contributed by atoms with E-state index in [0.717, 1.165) is 5.56 Å². The minimum Gasteiger partial charge on any atom is -0.507 e. The predicted octanol–water partition coefficient (Wildman–Crippen LogP) is 3.54. The molecule has 0 aliphatic heterocycles. The van der Waals surface area contributed by atoms with Gasteiger partial charge in [-0.1, -0.05) is 42.5 Å². The number of aromatic hydroxyl groups is 1. The molecule has 0 aliphatic rings. The van der Waals surface area contributed by atoms with Crippen LogP contribution in [0, 0.1) is 5.92 Å². The van der Waals surface area contributed by atoms with Gasteiger partial charge in [0.15, 0.2) is 0 Å². The maximum atomic E-state index is 13.1. The first-order chi connectivity index (χ1) is 15.3. The molecule has 0 saturated carbocycles. The lowest BCUT2D eigenvalue weighted by Gasteiger charge is -2.30. The third-order valence-electron chi connectivity index (χ3n) is 5.30. The van der Waals surface area contributed by atoms with Crippen molar-refractivity contribution in [1.82, 2.24) is 10.3 Å². The number of methoxy groups -OCH3 is 1. The normalized spacial score (nSPS) is 13.7. The van der Waals surface area contributed by atoms with Crippen LogP contribution in [0.1, 0.15) is 24.0 Å². The van der Waals surface area contributed by atoms with E-state index in [4.69, 9.17) is 4.42 Å². The molecule has 2 aromatic carbocycles. The Balaban J connectivity index is 2.25. The van der Waals surface area contributed by atoms with Crippen molar-refractivity contribution in [2.24, 2.45) is 11.0 Å². The van der Waals surface area contributed by atoms with Gasteiger partial charge in [-0.25, -0.2) is 15.0 Å². The lowest BCUT2D eigenvalue weighted by atomic mass is 9.78. The molecule has 0 fully saturated rings. The average Bonchev–Trinajstić information content (AvgIpc) is 2.79. The molecule has 1 amide bonds. The minimum atomic E-state index is -0.697. The topological polar surface area (TPSA) is 104 Å². The fourth-order valence-corrected chi connectivity index (χ4v) is 3.82. The molecule has 2 unspecified atom stereocenters. The van der Waals surface area contributed by atoms with Gasteiger partial charge in [-0.15, -0.1) is 0 Å². The Labute approximate surface area is 186 Å². The Morgan fingerprint density at radius 2 is 1.81 bits per heavy atom. The molecule has 0 saturated heterocycles. The van der Waals surface area contributed by atoms with E-state index in [-0.39, 0.29) is 17.2 Å². The van der Waals surface area contributed by atoms with Gasteiger partial charge in [0.2, 0.25) is 0 Å². The van der Waals surface area contributed by atoms with Crippen molar-refractivity contribution in [2.75, 3.05) is 27.7 Å². The molecule has 32 heavy (non-hydrogen) atoms. The van der Waals surface area contributed by atoms with Crippen LogP contribution in [0.4, 0.5) is 4.79 Å². The molecule has 0 bridgehead atoms. The van der Waals surface area contributed by atoms with Crippen molar-refractivity contribution >= 4 is 22.8 Å². The molecule has 2 atom stereocenters. The summed E-state index contributed by atoms with van der Waals surface area (Å²) < 4.78 is 10.2. The van der Waals surface area contributed by atoms with E-state index >= 15 is 0 Å². The van der Waals surface area contributed by atoms with Crippen LogP contribution in [-0.4, -0.2) is 49.6 Å². The Morgan fingerprint density at radius 1 is 1.16 bits per heavy atom. The Kier molecular flexibility index (Phi) is 7.27. The second-order valence-corrected chi connectivity index (χ2v) is 7.76. The van der Waals surface area contributed by atoms with E-state index < -0.39 is 17.6 Å². The number of fused-ring (bicyclic) bond motifs is 1. The number of nitrogens with zero attached hydrogens (tertiary/aromatic N) is 2. The highest BCUT2D eigenvalue weighted by Gasteiger charge is 2.34. The molecule has 8 nitrogen and oxygen atoms in total. The first-order valence-electron chi connectivity index (χ1n) is 10.2. The summed E-state index contributed by atoms with van der Waals surface area (Å²) in [6, 6.07) is 16.3. The van der Waals surface area contributed by atoms with Gasteiger partial charge in [0, 0.05) is 24.1 Å². The highest BCUT2D eigenvalue weighted by Crippen LogP contribution is 2.39. The monoisotopic (exact) mass is 437 g/mol. The van der Waals surface area contributed by atoms with Gasteiger partial charge in [0.05, 0.1) is 18.1 Å². The van der Waals surface area contributed by atoms with E-state index in [0.29, 0.717) is 23.2 Å².